The average molecular weight is 243 g/mol. The Morgan fingerprint density at radius 2 is 2.31 bits per heavy atom. The summed E-state index contributed by atoms with van der Waals surface area (Å²) in [6.45, 7) is 2.11. The molecule has 6 nitrogen and oxygen atoms in total. The number of rotatable bonds is 1. The Hall–Kier alpha value is -1.37. The van der Waals surface area contributed by atoms with Gasteiger partial charge in [0.2, 0.25) is 0 Å². The zero-order valence-electron chi connectivity index (χ0n) is 8.88. The molecule has 88 valence electrons. The number of nitrogens with one attached hydrogen (secondary N) is 1. The molecule has 1 unspecified atom stereocenters. The van der Waals surface area contributed by atoms with Crippen molar-refractivity contribution in [3.63, 3.8) is 0 Å². The van der Waals surface area contributed by atoms with Gasteiger partial charge >= 0.3 is 0 Å². The molecule has 0 bridgehead atoms. The third-order valence-electron chi connectivity index (χ3n) is 2.63. The molecule has 2 rings (SSSR count). The molecule has 1 N–H and O–H groups in total. The summed E-state index contributed by atoms with van der Waals surface area (Å²) in [5, 5.41) is 0. The van der Waals surface area contributed by atoms with Gasteiger partial charge in [0.15, 0.2) is 15.7 Å². The summed E-state index contributed by atoms with van der Waals surface area (Å²) < 4.78 is 22.8. The van der Waals surface area contributed by atoms with E-state index in [1.807, 2.05) is 0 Å². The topological polar surface area (TPSA) is 83.1 Å². The van der Waals surface area contributed by atoms with Crippen molar-refractivity contribution in [3.8, 4) is 0 Å². The van der Waals surface area contributed by atoms with E-state index in [1.54, 1.807) is 11.8 Å². The standard InChI is InChI=1S/C9H13N3O3S/c1-7-6-16(14,15)5-4-12(7)8-9(13)11-3-2-10-8/h2-3,7H,4-6H2,1H3,(H,11,13). The fourth-order valence-electron chi connectivity index (χ4n) is 1.86. The van der Waals surface area contributed by atoms with Crippen LogP contribution in [0.2, 0.25) is 0 Å². The van der Waals surface area contributed by atoms with Crippen molar-refractivity contribution in [1.29, 1.82) is 0 Å². The molecule has 7 heteroatoms. The highest BCUT2D eigenvalue weighted by Crippen LogP contribution is 2.15. The Morgan fingerprint density at radius 1 is 1.56 bits per heavy atom. The normalized spacial score (nSPS) is 24.3. The van der Waals surface area contributed by atoms with E-state index < -0.39 is 9.84 Å². The van der Waals surface area contributed by atoms with E-state index in [9.17, 15) is 13.2 Å². The second-order valence-electron chi connectivity index (χ2n) is 3.90. The summed E-state index contributed by atoms with van der Waals surface area (Å²) >= 11 is 0. The molecule has 0 aliphatic carbocycles. The van der Waals surface area contributed by atoms with Crippen LogP contribution in [0.5, 0.6) is 0 Å². The minimum absolute atomic E-state index is 0.0724. The van der Waals surface area contributed by atoms with Gasteiger partial charge in [-0.3, -0.25) is 4.79 Å². The smallest absolute Gasteiger partial charge is 0.290 e. The van der Waals surface area contributed by atoms with Gasteiger partial charge in [-0.05, 0) is 6.92 Å². The number of hydrogen-bond acceptors (Lipinski definition) is 5. The van der Waals surface area contributed by atoms with Crippen molar-refractivity contribution < 1.29 is 8.42 Å². The first-order chi connectivity index (χ1) is 7.49. The average Bonchev–Trinajstić information content (AvgIpc) is 2.18. The van der Waals surface area contributed by atoms with Gasteiger partial charge in [0.05, 0.1) is 11.5 Å². The largest absolute Gasteiger partial charge is 0.347 e. The number of aromatic amines is 1. The number of aromatic nitrogens is 2. The van der Waals surface area contributed by atoms with Crippen LogP contribution in [0.25, 0.3) is 0 Å². The van der Waals surface area contributed by atoms with Gasteiger partial charge in [-0.15, -0.1) is 0 Å². The molecule has 2 heterocycles. The fourth-order valence-corrected chi connectivity index (χ4v) is 3.42. The van der Waals surface area contributed by atoms with E-state index in [0.29, 0.717) is 12.4 Å². The summed E-state index contributed by atoms with van der Waals surface area (Å²) in [5.74, 6) is 0.445. The van der Waals surface area contributed by atoms with Gasteiger partial charge in [0, 0.05) is 25.0 Å². The molecule has 16 heavy (non-hydrogen) atoms. The SMILES string of the molecule is CC1CS(=O)(=O)CCN1c1ncc[nH]c1=O. The van der Waals surface area contributed by atoms with Crippen LogP contribution < -0.4 is 10.5 Å². The maximum absolute atomic E-state index is 11.5. The van der Waals surface area contributed by atoms with Crippen molar-refractivity contribution in [2.24, 2.45) is 0 Å². The maximum atomic E-state index is 11.5. The summed E-state index contributed by atoms with van der Waals surface area (Å²) in [4.78, 5) is 19.8. The van der Waals surface area contributed by atoms with Gasteiger partial charge < -0.3 is 9.88 Å². The predicted molar refractivity (Wildman–Crippen MR) is 60.3 cm³/mol. The maximum Gasteiger partial charge on any atom is 0.290 e. The zero-order valence-corrected chi connectivity index (χ0v) is 9.70. The first-order valence-electron chi connectivity index (χ1n) is 5.00. The van der Waals surface area contributed by atoms with E-state index in [2.05, 4.69) is 9.97 Å². The van der Waals surface area contributed by atoms with Gasteiger partial charge in [-0.1, -0.05) is 0 Å². The van der Waals surface area contributed by atoms with Crippen molar-refractivity contribution in [3.05, 3.63) is 22.7 Å². The summed E-state index contributed by atoms with van der Waals surface area (Å²) in [6, 6.07) is -0.213. The molecule has 1 aromatic heterocycles. The van der Waals surface area contributed by atoms with E-state index in [4.69, 9.17) is 0 Å². The first kappa shape index (κ1) is 11.1. The minimum atomic E-state index is -2.97. The Balaban J connectivity index is 2.31. The van der Waals surface area contributed by atoms with Gasteiger partial charge in [-0.25, -0.2) is 13.4 Å². The second kappa shape index (κ2) is 3.89. The van der Waals surface area contributed by atoms with Crippen LogP contribution >= 0.6 is 0 Å². The van der Waals surface area contributed by atoms with Crippen LogP contribution in [0.3, 0.4) is 0 Å². The van der Waals surface area contributed by atoms with E-state index >= 15 is 0 Å². The summed E-state index contributed by atoms with van der Waals surface area (Å²) in [7, 11) is -2.97. The molecule has 1 saturated heterocycles. The lowest BCUT2D eigenvalue weighted by Gasteiger charge is -2.33. The molecule has 0 saturated carbocycles. The zero-order chi connectivity index (χ0) is 11.8. The monoisotopic (exact) mass is 243 g/mol. The predicted octanol–water partition coefficient (Wildman–Crippen LogP) is -0.607. The van der Waals surface area contributed by atoms with Gasteiger partial charge in [0.25, 0.3) is 5.56 Å². The minimum Gasteiger partial charge on any atom is -0.347 e. The molecular weight excluding hydrogens is 230 g/mol. The molecule has 1 fully saturated rings. The third-order valence-corrected chi connectivity index (χ3v) is 4.43. The van der Waals surface area contributed by atoms with Crippen molar-refractivity contribution in [2.75, 3.05) is 23.0 Å². The van der Waals surface area contributed by atoms with Gasteiger partial charge in [0.1, 0.15) is 0 Å². The molecule has 1 aliphatic rings. The number of sulfone groups is 1. The lowest BCUT2D eigenvalue weighted by atomic mass is 10.3. The Kier molecular flexibility index (Phi) is 2.71. The van der Waals surface area contributed by atoms with Crippen LogP contribution in [0.4, 0.5) is 5.82 Å². The molecule has 1 aromatic rings. The van der Waals surface area contributed by atoms with Crippen LogP contribution in [0.1, 0.15) is 6.92 Å². The van der Waals surface area contributed by atoms with E-state index in [-0.39, 0.29) is 23.1 Å². The van der Waals surface area contributed by atoms with Crippen LogP contribution in [-0.2, 0) is 9.84 Å². The lowest BCUT2D eigenvalue weighted by molar-refractivity contribution is 0.566. The summed E-state index contributed by atoms with van der Waals surface area (Å²) in [5.41, 5.74) is -0.284. The lowest BCUT2D eigenvalue weighted by Crippen LogP contribution is -2.49. The van der Waals surface area contributed by atoms with E-state index in [1.165, 1.54) is 12.4 Å². The molecule has 1 aliphatic heterocycles. The summed E-state index contributed by atoms with van der Waals surface area (Å²) in [6.07, 6.45) is 2.95. The molecular formula is C9H13N3O3S. The molecule has 0 spiro atoms. The number of H-pyrrole nitrogens is 1. The third kappa shape index (κ3) is 2.08. The fraction of sp³-hybridized carbons (Fsp3) is 0.556. The molecule has 1 atom stereocenters. The first-order valence-corrected chi connectivity index (χ1v) is 6.82. The highest BCUT2D eigenvalue weighted by Gasteiger charge is 2.29. The van der Waals surface area contributed by atoms with E-state index in [0.717, 1.165) is 0 Å². The quantitative estimate of drug-likeness (QED) is 0.711. The Labute approximate surface area is 93.2 Å². The van der Waals surface area contributed by atoms with Crippen LogP contribution in [0.15, 0.2) is 17.2 Å². The van der Waals surface area contributed by atoms with Crippen LogP contribution in [-0.4, -0.2) is 42.5 Å². The van der Waals surface area contributed by atoms with Crippen molar-refractivity contribution in [2.45, 2.75) is 13.0 Å². The highest BCUT2D eigenvalue weighted by molar-refractivity contribution is 7.91. The Bertz CT molecular complexity index is 537. The number of nitrogens with zero attached hydrogens (tertiary/aromatic N) is 2. The van der Waals surface area contributed by atoms with Gasteiger partial charge in [-0.2, -0.15) is 0 Å². The number of anilines is 1. The highest BCUT2D eigenvalue weighted by atomic mass is 32.2. The van der Waals surface area contributed by atoms with Crippen molar-refractivity contribution >= 4 is 15.7 Å². The van der Waals surface area contributed by atoms with Crippen molar-refractivity contribution in [1.82, 2.24) is 9.97 Å². The molecule has 0 radical (unpaired) electrons. The molecule has 0 amide bonds. The molecule has 0 aromatic carbocycles. The van der Waals surface area contributed by atoms with Crippen LogP contribution in [0, 0.1) is 0 Å². The number of hydrogen-bond donors (Lipinski definition) is 1. The second-order valence-corrected chi connectivity index (χ2v) is 6.13. The Morgan fingerprint density at radius 3 is 2.94 bits per heavy atom.